The molecule has 0 atom stereocenters. The highest BCUT2D eigenvalue weighted by Crippen LogP contribution is 2.28. The van der Waals surface area contributed by atoms with Crippen LogP contribution in [0.15, 0.2) is 12.5 Å². The first-order valence-electron chi connectivity index (χ1n) is 5.04. The van der Waals surface area contributed by atoms with Gasteiger partial charge in [0.2, 0.25) is 0 Å². The minimum absolute atomic E-state index is 0.661. The number of aromatic nitrogens is 2. The normalized spacial score (nSPS) is 16.4. The third-order valence-electron chi connectivity index (χ3n) is 2.84. The Morgan fingerprint density at radius 2 is 2.36 bits per heavy atom. The molecule has 0 saturated heterocycles. The van der Waals surface area contributed by atoms with Gasteiger partial charge in [-0.15, -0.1) is 0 Å². The smallest absolute Gasteiger partial charge is 0.154 e. The lowest BCUT2D eigenvalue weighted by molar-refractivity contribution is 0.321. The molecule has 1 heterocycles. The first-order chi connectivity index (χ1) is 6.77. The molecule has 1 aromatic heterocycles. The first-order valence-corrected chi connectivity index (χ1v) is 5.04. The van der Waals surface area contributed by atoms with Crippen molar-refractivity contribution >= 4 is 11.5 Å². The molecular weight excluding hydrogens is 176 g/mol. The van der Waals surface area contributed by atoms with E-state index in [2.05, 4.69) is 14.9 Å². The highest BCUT2D eigenvalue weighted by molar-refractivity contribution is 5.60. The van der Waals surface area contributed by atoms with E-state index in [1.54, 1.807) is 12.5 Å². The van der Waals surface area contributed by atoms with Crippen LogP contribution in [0.2, 0.25) is 0 Å². The molecule has 0 radical (unpaired) electrons. The van der Waals surface area contributed by atoms with Crippen molar-refractivity contribution in [3.8, 4) is 0 Å². The first kappa shape index (κ1) is 9.24. The average Bonchev–Trinajstić information content (AvgIpc) is 2.12. The van der Waals surface area contributed by atoms with Crippen molar-refractivity contribution in [2.24, 2.45) is 5.92 Å². The van der Waals surface area contributed by atoms with Gasteiger partial charge < -0.3 is 10.6 Å². The van der Waals surface area contributed by atoms with E-state index in [4.69, 9.17) is 5.73 Å². The molecule has 1 aliphatic rings. The van der Waals surface area contributed by atoms with Crippen LogP contribution in [-0.4, -0.2) is 23.6 Å². The van der Waals surface area contributed by atoms with E-state index in [1.807, 2.05) is 7.05 Å². The predicted octanol–water partition coefficient (Wildman–Crippen LogP) is 1.30. The molecule has 4 heteroatoms. The van der Waals surface area contributed by atoms with Crippen LogP contribution in [-0.2, 0) is 0 Å². The fraction of sp³-hybridized carbons (Fsp3) is 0.600. The Labute approximate surface area is 84.2 Å². The molecule has 1 aliphatic carbocycles. The summed E-state index contributed by atoms with van der Waals surface area (Å²) < 4.78 is 0. The van der Waals surface area contributed by atoms with Gasteiger partial charge in [-0.05, 0) is 18.8 Å². The van der Waals surface area contributed by atoms with Crippen molar-refractivity contribution in [1.82, 2.24) is 9.97 Å². The summed E-state index contributed by atoms with van der Waals surface area (Å²) in [6, 6.07) is 0. The zero-order chi connectivity index (χ0) is 9.97. The van der Waals surface area contributed by atoms with Crippen molar-refractivity contribution in [2.75, 3.05) is 24.2 Å². The third-order valence-corrected chi connectivity index (χ3v) is 2.84. The predicted molar refractivity (Wildman–Crippen MR) is 57.1 cm³/mol. The summed E-state index contributed by atoms with van der Waals surface area (Å²) in [5.74, 6) is 1.68. The van der Waals surface area contributed by atoms with Gasteiger partial charge in [-0.1, -0.05) is 6.42 Å². The average molecular weight is 192 g/mol. The second-order valence-corrected chi connectivity index (χ2v) is 3.98. The SMILES string of the molecule is CN(CC1CCC1)c1ncncc1N. The van der Waals surface area contributed by atoms with Crippen molar-refractivity contribution < 1.29 is 0 Å². The molecule has 1 aromatic rings. The summed E-state index contributed by atoms with van der Waals surface area (Å²) in [6.45, 7) is 1.06. The van der Waals surface area contributed by atoms with Crippen LogP contribution in [0.1, 0.15) is 19.3 Å². The van der Waals surface area contributed by atoms with Gasteiger partial charge in [0, 0.05) is 13.6 Å². The lowest BCUT2D eigenvalue weighted by Crippen LogP contribution is -2.30. The van der Waals surface area contributed by atoms with Crippen LogP contribution in [0.4, 0.5) is 11.5 Å². The molecule has 4 nitrogen and oxygen atoms in total. The molecule has 1 fully saturated rings. The molecule has 0 amide bonds. The van der Waals surface area contributed by atoms with Crippen LogP contribution in [0.25, 0.3) is 0 Å². The Morgan fingerprint density at radius 1 is 1.57 bits per heavy atom. The Bertz CT molecular complexity index is 309. The second kappa shape index (κ2) is 3.82. The summed E-state index contributed by atoms with van der Waals surface area (Å²) in [7, 11) is 2.04. The topological polar surface area (TPSA) is 55.0 Å². The Hall–Kier alpha value is -1.32. The van der Waals surface area contributed by atoms with Gasteiger partial charge in [-0.3, -0.25) is 0 Å². The van der Waals surface area contributed by atoms with Crippen LogP contribution < -0.4 is 10.6 Å². The Balaban J connectivity index is 2.02. The van der Waals surface area contributed by atoms with Crippen LogP contribution in [0.5, 0.6) is 0 Å². The van der Waals surface area contributed by atoms with E-state index in [9.17, 15) is 0 Å². The Kier molecular flexibility index (Phi) is 2.52. The fourth-order valence-corrected chi connectivity index (χ4v) is 1.80. The number of hydrogen-bond donors (Lipinski definition) is 1. The fourth-order valence-electron chi connectivity index (χ4n) is 1.80. The van der Waals surface area contributed by atoms with E-state index < -0.39 is 0 Å². The van der Waals surface area contributed by atoms with Gasteiger partial charge in [0.1, 0.15) is 6.33 Å². The largest absolute Gasteiger partial charge is 0.394 e. The van der Waals surface area contributed by atoms with Crippen molar-refractivity contribution in [3.05, 3.63) is 12.5 Å². The van der Waals surface area contributed by atoms with E-state index in [0.29, 0.717) is 5.69 Å². The summed E-state index contributed by atoms with van der Waals surface area (Å²) >= 11 is 0. The summed E-state index contributed by atoms with van der Waals surface area (Å²) in [5.41, 5.74) is 6.45. The highest BCUT2D eigenvalue weighted by Gasteiger charge is 2.20. The molecule has 2 N–H and O–H groups in total. The third kappa shape index (κ3) is 1.78. The molecule has 1 saturated carbocycles. The van der Waals surface area contributed by atoms with Gasteiger partial charge in [0.25, 0.3) is 0 Å². The Morgan fingerprint density at radius 3 is 2.93 bits per heavy atom. The lowest BCUT2D eigenvalue weighted by atomic mass is 9.85. The zero-order valence-electron chi connectivity index (χ0n) is 8.48. The number of nitrogens with zero attached hydrogens (tertiary/aromatic N) is 3. The van der Waals surface area contributed by atoms with Crippen LogP contribution >= 0.6 is 0 Å². The molecule has 0 spiro atoms. The van der Waals surface area contributed by atoms with E-state index in [-0.39, 0.29) is 0 Å². The van der Waals surface area contributed by atoms with Gasteiger partial charge in [-0.25, -0.2) is 9.97 Å². The maximum atomic E-state index is 5.79. The quantitative estimate of drug-likeness (QED) is 0.784. The van der Waals surface area contributed by atoms with E-state index >= 15 is 0 Å². The maximum absolute atomic E-state index is 5.79. The number of nitrogens with two attached hydrogens (primary N) is 1. The second-order valence-electron chi connectivity index (χ2n) is 3.98. The summed E-state index contributed by atoms with van der Waals surface area (Å²) in [5, 5.41) is 0. The van der Waals surface area contributed by atoms with Crippen molar-refractivity contribution in [2.45, 2.75) is 19.3 Å². The summed E-state index contributed by atoms with van der Waals surface area (Å²) in [6.07, 6.45) is 7.25. The molecule has 0 aliphatic heterocycles. The monoisotopic (exact) mass is 192 g/mol. The number of nitrogen functional groups attached to an aromatic ring is 1. The number of hydrogen-bond acceptors (Lipinski definition) is 4. The molecule has 2 rings (SSSR count). The zero-order valence-corrected chi connectivity index (χ0v) is 8.48. The van der Waals surface area contributed by atoms with E-state index in [0.717, 1.165) is 18.3 Å². The van der Waals surface area contributed by atoms with Gasteiger partial charge in [0.05, 0.1) is 11.9 Å². The molecule has 76 valence electrons. The molecule has 0 bridgehead atoms. The standard InChI is InChI=1S/C10H16N4/c1-14(6-8-3-2-4-8)10-9(11)5-12-7-13-10/h5,7-8H,2-4,6,11H2,1H3. The van der Waals surface area contributed by atoms with Crippen molar-refractivity contribution in [1.29, 1.82) is 0 Å². The highest BCUT2D eigenvalue weighted by atomic mass is 15.2. The molecule has 14 heavy (non-hydrogen) atoms. The molecule has 0 unspecified atom stereocenters. The number of anilines is 2. The van der Waals surface area contributed by atoms with Gasteiger partial charge in [-0.2, -0.15) is 0 Å². The van der Waals surface area contributed by atoms with Crippen molar-refractivity contribution in [3.63, 3.8) is 0 Å². The minimum atomic E-state index is 0.661. The van der Waals surface area contributed by atoms with Gasteiger partial charge in [0.15, 0.2) is 5.82 Å². The summed E-state index contributed by atoms with van der Waals surface area (Å²) in [4.78, 5) is 10.2. The van der Waals surface area contributed by atoms with Gasteiger partial charge >= 0.3 is 0 Å². The lowest BCUT2D eigenvalue weighted by Gasteiger charge is -2.30. The molecule has 0 aromatic carbocycles. The maximum Gasteiger partial charge on any atom is 0.154 e. The van der Waals surface area contributed by atoms with E-state index in [1.165, 1.54) is 19.3 Å². The number of rotatable bonds is 3. The minimum Gasteiger partial charge on any atom is -0.394 e. The van der Waals surface area contributed by atoms with Crippen LogP contribution in [0.3, 0.4) is 0 Å². The molecular formula is C10H16N4. The van der Waals surface area contributed by atoms with Crippen LogP contribution in [0, 0.1) is 5.92 Å².